The van der Waals surface area contributed by atoms with Gasteiger partial charge >= 0.3 is 5.97 Å². The van der Waals surface area contributed by atoms with Crippen LogP contribution in [0.25, 0.3) is 0 Å². The summed E-state index contributed by atoms with van der Waals surface area (Å²) in [4.78, 5) is 18.8. The number of aliphatic imine (C=N–C) groups is 1. The van der Waals surface area contributed by atoms with Gasteiger partial charge < -0.3 is 14.7 Å². The summed E-state index contributed by atoms with van der Waals surface area (Å²) in [5.41, 5.74) is 2.14. The molecule has 1 aromatic rings. The van der Waals surface area contributed by atoms with E-state index in [0.717, 1.165) is 29.8 Å². The van der Waals surface area contributed by atoms with Crippen molar-refractivity contribution in [2.24, 2.45) is 4.99 Å². The van der Waals surface area contributed by atoms with E-state index >= 15 is 0 Å². The Morgan fingerprint density at radius 3 is 3.15 bits per heavy atom. The van der Waals surface area contributed by atoms with Crippen molar-refractivity contribution >= 4 is 28.6 Å². The summed E-state index contributed by atoms with van der Waals surface area (Å²) in [6.45, 7) is 2.15. The number of rotatable bonds is 3. The molecule has 1 aliphatic heterocycles. The maximum atomic E-state index is 11.6. The number of carbonyl (C=O) groups is 1. The molecule has 1 atom stereocenters. The number of hydrogen-bond donors (Lipinski definition) is 1. The summed E-state index contributed by atoms with van der Waals surface area (Å²) in [5, 5.41) is 11.4. The molecule has 0 amide bonds. The van der Waals surface area contributed by atoms with Crippen molar-refractivity contribution in [3.63, 3.8) is 0 Å². The van der Waals surface area contributed by atoms with Gasteiger partial charge in [-0.25, -0.2) is 4.99 Å². The number of aryl methyl sites for hydroxylation is 1. The van der Waals surface area contributed by atoms with Crippen LogP contribution in [0.4, 0.5) is 5.00 Å². The SMILES string of the molecule is CCOC(=O)CN1C=Nc2sc3c(c2[C@H]1O)CCCC3. The summed E-state index contributed by atoms with van der Waals surface area (Å²) >= 11 is 1.67. The molecule has 0 spiro atoms. The van der Waals surface area contributed by atoms with E-state index in [4.69, 9.17) is 4.74 Å². The van der Waals surface area contributed by atoms with E-state index in [2.05, 4.69) is 4.99 Å². The van der Waals surface area contributed by atoms with Crippen molar-refractivity contribution in [2.75, 3.05) is 13.2 Å². The number of hydrogen-bond acceptors (Lipinski definition) is 6. The predicted molar refractivity (Wildman–Crippen MR) is 77.4 cm³/mol. The molecular weight excluding hydrogens is 276 g/mol. The van der Waals surface area contributed by atoms with Crippen LogP contribution in [-0.4, -0.2) is 35.5 Å². The molecule has 108 valence electrons. The third-order valence-electron chi connectivity index (χ3n) is 3.71. The number of aliphatic hydroxyl groups is 1. The molecule has 0 aromatic carbocycles. The maximum Gasteiger partial charge on any atom is 0.325 e. The minimum atomic E-state index is -0.787. The zero-order chi connectivity index (χ0) is 14.1. The highest BCUT2D eigenvalue weighted by Gasteiger charge is 2.31. The molecule has 0 bridgehead atoms. The van der Waals surface area contributed by atoms with Crippen LogP contribution in [-0.2, 0) is 22.4 Å². The fourth-order valence-corrected chi connectivity index (χ4v) is 4.03. The number of nitrogens with zero attached hydrogens (tertiary/aromatic N) is 2. The van der Waals surface area contributed by atoms with Crippen molar-refractivity contribution in [3.8, 4) is 0 Å². The molecule has 6 heteroatoms. The smallest absolute Gasteiger partial charge is 0.325 e. The molecule has 1 N–H and O–H groups in total. The molecule has 0 fully saturated rings. The number of carbonyl (C=O) groups excluding carboxylic acids is 1. The summed E-state index contributed by atoms with van der Waals surface area (Å²) in [5.74, 6) is -0.342. The van der Waals surface area contributed by atoms with Gasteiger partial charge in [-0.1, -0.05) is 0 Å². The normalized spacial score (nSPS) is 20.5. The second-order valence-electron chi connectivity index (χ2n) is 5.03. The summed E-state index contributed by atoms with van der Waals surface area (Å²) in [7, 11) is 0. The lowest BCUT2D eigenvalue weighted by Gasteiger charge is -2.29. The third-order valence-corrected chi connectivity index (χ3v) is 4.92. The minimum absolute atomic E-state index is 0.0303. The zero-order valence-corrected chi connectivity index (χ0v) is 12.3. The Kier molecular flexibility index (Phi) is 3.76. The highest BCUT2D eigenvalue weighted by atomic mass is 32.1. The van der Waals surface area contributed by atoms with Crippen molar-refractivity contribution in [3.05, 3.63) is 16.0 Å². The standard InChI is InChI=1S/C14H18N2O3S/c1-2-19-11(17)7-16-8-15-13-12(14(16)18)9-5-3-4-6-10(9)20-13/h8,14,18H,2-7H2,1H3/t14-/m1/s1. The Morgan fingerprint density at radius 2 is 2.35 bits per heavy atom. The molecule has 2 heterocycles. The van der Waals surface area contributed by atoms with Crippen molar-refractivity contribution in [2.45, 2.75) is 38.8 Å². The van der Waals surface area contributed by atoms with Gasteiger partial charge in [-0.05, 0) is 38.2 Å². The molecule has 0 saturated carbocycles. The first-order valence-electron chi connectivity index (χ1n) is 6.98. The highest BCUT2D eigenvalue weighted by Crippen LogP contribution is 2.45. The maximum absolute atomic E-state index is 11.6. The van der Waals surface area contributed by atoms with Gasteiger partial charge in [0.25, 0.3) is 0 Å². The monoisotopic (exact) mass is 294 g/mol. The molecule has 2 aliphatic rings. The molecule has 0 radical (unpaired) electrons. The molecule has 5 nitrogen and oxygen atoms in total. The van der Waals surface area contributed by atoms with Crippen LogP contribution in [0, 0.1) is 0 Å². The van der Waals surface area contributed by atoms with Crippen LogP contribution in [0.1, 0.15) is 42.0 Å². The van der Waals surface area contributed by atoms with Crippen LogP contribution in [0.5, 0.6) is 0 Å². The van der Waals surface area contributed by atoms with Crippen LogP contribution >= 0.6 is 11.3 Å². The van der Waals surface area contributed by atoms with E-state index < -0.39 is 6.23 Å². The van der Waals surface area contributed by atoms with Crippen molar-refractivity contribution in [1.29, 1.82) is 0 Å². The van der Waals surface area contributed by atoms with Crippen LogP contribution in [0.15, 0.2) is 4.99 Å². The minimum Gasteiger partial charge on any atom is -0.465 e. The van der Waals surface area contributed by atoms with Crippen molar-refractivity contribution < 1.29 is 14.6 Å². The number of ether oxygens (including phenoxy) is 1. The van der Waals surface area contributed by atoms with E-state index in [1.54, 1.807) is 29.5 Å². The van der Waals surface area contributed by atoms with Gasteiger partial charge in [0.1, 0.15) is 11.5 Å². The Bertz CT molecular complexity index is 553. The Balaban J connectivity index is 1.84. The van der Waals surface area contributed by atoms with E-state index in [9.17, 15) is 9.90 Å². The van der Waals surface area contributed by atoms with E-state index in [1.165, 1.54) is 16.9 Å². The topological polar surface area (TPSA) is 62.1 Å². The molecule has 0 unspecified atom stereocenters. The molecule has 0 saturated heterocycles. The number of thiophene rings is 1. The van der Waals surface area contributed by atoms with Crippen LogP contribution in [0.3, 0.4) is 0 Å². The molecule has 3 rings (SSSR count). The van der Waals surface area contributed by atoms with Crippen molar-refractivity contribution in [1.82, 2.24) is 4.90 Å². The van der Waals surface area contributed by atoms with E-state index in [-0.39, 0.29) is 12.5 Å². The lowest BCUT2D eigenvalue weighted by Crippen LogP contribution is -2.35. The Hall–Kier alpha value is -1.40. The Labute approximate surface area is 121 Å². The summed E-state index contributed by atoms with van der Waals surface area (Å²) in [6, 6.07) is 0. The second kappa shape index (κ2) is 5.54. The quantitative estimate of drug-likeness (QED) is 0.868. The van der Waals surface area contributed by atoms with Gasteiger partial charge in [-0.2, -0.15) is 0 Å². The highest BCUT2D eigenvalue weighted by molar-refractivity contribution is 7.16. The first-order chi connectivity index (χ1) is 9.70. The van der Waals surface area contributed by atoms with Gasteiger partial charge in [0.05, 0.1) is 12.9 Å². The number of fused-ring (bicyclic) bond motifs is 3. The fourth-order valence-electron chi connectivity index (χ4n) is 2.78. The van der Waals surface area contributed by atoms with Crippen LogP contribution in [0.2, 0.25) is 0 Å². The molecule has 20 heavy (non-hydrogen) atoms. The summed E-state index contributed by atoms with van der Waals surface area (Å²) < 4.78 is 4.92. The average molecular weight is 294 g/mol. The van der Waals surface area contributed by atoms with Crippen LogP contribution < -0.4 is 0 Å². The first-order valence-corrected chi connectivity index (χ1v) is 7.80. The van der Waals surface area contributed by atoms with E-state index in [1.807, 2.05) is 0 Å². The predicted octanol–water partition coefficient (Wildman–Crippen LogP) is 2.16. The van der Waals surface area contributed by atoms with Gasteiger partial charge in [-0.3, -0.25) is 4.79 Å². The lowest BCUT2D eigenvalue weighted by atomic mass is 9.94. The fraction of sp³-hybridized carbons (Fsp3) is 0.571. The lowest BCUT2D eigenvalue weighted by molar-refractivity contribution is -0.145. The molecule has 1 aliphatic carbocycles. The molecular formula is C14H18N2O3S. The Morgan fingerprint density at radius 1 is 1.55 bits per heavy atom. The van der Waals surface area contributed by atoms with Gasteiger partial charge in [0, 0.05) is 10.4 Å². The zero-order valence-electron chi connectivity index (χ0n) is 11.5. The van der Waals surface area contributed by atoms with Gasteiger partial charge in [0.2, 0.25) is 0 Å². The largest absolute Gasteiger partial charge is 0.465 e. The van der Waals surface area contributed by atoms with Gasteiger partial charge in [0.15, 0.2) is 6.23 Å². The number of aliphatic hydroxyl groups excluding tert-OH is 1. The molecule has 1 aromatic heterocycles. The van der Waals surface area contributed by atoms with Gasteiger partial charge in [-0.15, -0.1) is 11.3 Å². The summed E-state index contributed by atoms with van der Waals surface area (Å²) in [6.07, 6.45) is 5.20. The first kappa shape index (κ1) is 13.6. The average Bonchev–Trinajstić information content (AvgIpc) is 2.81. The third kappa shape index (κ3) is 2.33. The second-order valence-corrected chi connectivity index (χ2v) is 6.11. The number of esters is 1. The van der Waals surface area contributed by atoms with E-state index in [0.29, 0.717) is 6.61 Å².